The van der Waals surface area contributed by atoms with Crippen LogP contribution in [-0.4, -0.2) is 9.97 Å². The predicted octanol–water partition coefficient (Wildman–Crippen LogP) is 1.52. The van der Waals surface area contributed by atoms with E-state index < -0.39 is 5.54 Å². The third-order valence-corrected chi connectivity index (χ3v) is 3.16. The first-order valence-corrected chi connectivity index (χ1v) is 5.45. The molecule has 0 unspecified atom stereocenters. The maximum Gasteiger partial charge on any atom is 0.258 e. The molecule has 16 heavy (non-hydrogen) atoms. The number of hydrogen-bond donors (Lipinski definition) is 2. The number of benzene rings is 1. The first-order chi connectivity index (χ1) is 7.58. The summed E-state index contributed by atoms with van der Waals surface area (Å²) in [6.07, 6.45) is 1.74. The zero-order chi connectivity index (χ0) is 11.3. The van der Waals surface area contributed by atoms with Gasteiger partial charge in [0.05, 0.1) is 16.4 Å². The Labute approximate surface area is 96.4 Å². The van der Waals surface area contributed by atoms with Crippen molar-refractivity contribution >= 4 is 22.5 Å². The van der Waals surface area contributed by atoms with Crippen LogP contribution >= 0.6 is 11.6 Å². The molecular weight excluding hydrogens is 226 g/mol. The molecule has 1 aliphatic rings. The van der Waals surface area contributed by atoms with Crippen molar-refractivity contribution < 1.29 is 0 Å². The second-order valence-electron chi connectivity index (χ2n) is 4.23. The largest absolute Gasteiger partial charge is 0.319 e. The lowest BCUT2D eigenvalue weighted by Crippen LogP contribution is -2.26. The van der Waals surface area contributed by atoms with E-state index in [1.165, 1.54) is 0 Å². The SMILES string of the molecule is NC1(c2nc3ccc(Cl)cc3c(=O)[nH]2)CC1. The van der Waals surface area contributed by atoms with Crippen molar-refractivity contribution in [2.45, 2.75) is 18.4 Å². The van der Waals surface area contributed by atoms with Gasteiger partial charge in [-0.25, -0.2) is 4.98 Å². The van der Waals surface area contributed by atoms with E-state index in [4.69, 9.17) is 17.3 Å². The Kier molecular flexibility index (Phi) is 1.87. The van der Waals surface area contributed by atoms with Gasteiger partial charge < -0.3 is 10.7 Å². The van der Waals surface area contributed by atoms with Gasteiger partial charge in [0.25, 0.3) is 5.56 Å². The Morgan fingerprint density at radius 2 is 2.19 bits per heavy atom. The third kappa shape index (κ3) is 1.42. The third-order valence-electron chi connectivity index (χ3n) is 2.93. The smallest absolute Gasteiger partial charge is 0.258 e. The lowest BCUT2D eigenvalue weighted by Gasteiger charge is -2.08. The number of aromatic nitrogens is 2. The summed E-state index contributed by atoms with van der Waals surface area (Å²) in [5.41, 5.74) is 6.03. The fourth-order valence-electron chi connectivity index (χ4n) is 1.72. The highest BCUT2D eigenvalue weighted by Gasteiger charge is 2.42. The zero-order valence-corrected chi connectivity index (χ0v) is 9.21. The molecule has 0 atom stereocenters. The maximum atomic E-state index is 11.8. The van der Waals surface area contributed by atoms with E-state index in [-0.39, 0.29) is 5.56 Å². The normalized spacial score (nSPS) is 17.6. The molecule has 82 valence electrons. The molecule has 1 aromatic carbocycles. The highest BCUT2D eigenvalue weighted by Crippen LogP contribution is 2.40. The number of hydrogen-bond acceptors (Lipinski definition) is 3. The molecule has 1 fully saturated rings. The predicted molar refractivity (Wildman–Crippen MR) is 62.5 cm³/mol. The average Bonchev–Trinajstić information content (AvgIpc) is 2.99. The summed E-state index contributed by atoms with van der Waals surface area (Å²) in [6.45, 7) is 0. The fourth-order valence-corrected chi connectivity index (χ4v) is 1.89. The molecule has 3 N–H and O–H groups in total. The Bertz CT molecular complexity index is 631. The van der Waals surface area contributed by atoms with E-state index in [0.29, 0.717) is 21.7 Å². The number of nitrogens with zero attached hydrogens (tertiary/aromatic N) is 1. The summed E-state index contributed by atoms with van der Waals surface area (Å²) in [4.78, 5) is 18.9. The van der Waals surface area contributed by atoms with Crippen molar-refractivity contribution in [2.75, 3.05) is 0 Å². The molecule has 3 rings (SSSR count). The Hall–Kier alpha value is -1.39. The van der Waals surface area contributed by atoms with Gasteiger partial charge in [0.1, 0.15) is 5.82 Å². The lowest BCUT2D eigenvalue weighted by atomic mass is 10.2. The molecular formula is C11H10ClN3O. The van der Waals surface area contributed by atoms with Crippen molar-refractivity contribution in [1.29, 1.82) is 0 Å². The van der Waals surface area contributed by atoms with Crippen LogP contribution in [0, 0.1) is 0 Å². The number of nitrogens with two attached hydrogens (primary N) is 1. The van der Waals surface area contributed by atoms with Gasteiger partial charge in [-0.05, 0) is 31.0 Å². The average molecular weight is 236 g/mol. The van der Waals surface area contributed by atoms with Gasteiger partial charge in [-0.3, -0.25) is 4.79 Å². The molecule has 2 aromatic rings. The molecule has 1 aromatic heterocycles. The standard InChI is InChI=1S/C11H10ClN3O/c12-6-1-2-8-7(5-6)9(16)15-10(14-8)11(13)3-4-11/h1-2,5H,3-4,13H2,(H,14,15,16). The molecule has 0 aliphatic heterocycles. The van der Waals surface area contributed by atoms with Crippen LogP contribution in [0.3, 0.4) is 0 Å². The fraction of sp³-hybridized carbons (Fsp3) is 0.273. The first kappa shape index (κ1) is 9.81. The van der Waals surface area contributed by atoms with Crippen LogP contribution in [0.25, 0.3) is 10.9 Å². The zero-order valence-electron chi connectivity index (χ0n) is 8.46. The Balaban J connectivity index is 2.31. The molecule has 4 nitrogen and oxygen atoms in total. The van der Waals surface area contributed by atoms with Crippen LogP contribution in [0.5, 0.6) is 0 Å². The van der Waals surface area contributed by atoms with E-state index in [9.17, 15) is 4.79 Å². The maximum absolute atomic E-state index is 11.8. The van der Waals surface area contributed by atoms with Gasteiger partial charge in [0, 0.05) is 5.02 Å². The van der Waals surface area contributed by atoms with Crippen LogP contribution in [0.2, 0.25) is 5.02 Å². The van der Waals surface area contributed by atoms with E-state index >= 15 is 0 Å². The Morgan fingerprint density at radius 3 is 2.88 bits per heavy atom. The molecule has 1 aliphatic carbocycles. The van der Waals surface area contributed by atoms with Crippen molar-refractivity contribution in [1.82, 2.24) is 9.97 Å². The minimum atomic E-state index is -0.424. The summed E-state index contributed by atoms with van der Waals surface area (Å²) < 4.78 is 0. The molecule has 0 radical (unpaired) electrons. The summed E-state index contributed by atoms with van der Waals surface area (Å²) in [7, 11) is 0. The highest BCUT2D eigenvalue weighted by atomic mass is 35.5. The number of rotatable bonds is 1. The van der Waals surface area contributed by atoms with Gasteiger partial charge in [-0.1, -0.05) is 11.6 Å². The van der Waals surface area contributed by atoms with Gasteiger partial charge >= 0.3 is 0 Å². The van der Waals surface area contributed by atoms with Crippen molar-refractivity contribution in [3.05, 3.63) is 39.4 Å². The topological polar surface area (TPSA) is 71.8 Å². The summed E-state index contributed by atoms with van der Waals surface area (Å²) in [5, 5.41) is 1.03. The van der Waals surface area contributed by atoms with Gasteiger partial charge in [-0.2, -0.15) is 0 Å². The second-order valence-corrected chi connectivity index (χ2v) is 4.67. The first-order valence-electron chi connectivity index (χ1n) is 5.07. The number of halogens is 1. The van der Waals surface area contributed by atoms with Crippen molar-refractivity contribution in [3.8, 4) is 0 Å². The van der Waals surface area contributed by atoms with Crippen LogP contribution in [0.1, 0.15) is 18.7 Å². The minimum absolute atomic E-state index is 0.181. The van der Waals surface area contributed by atoms with Crippen LogP contribution in [0.15, 0.2) is 23.0 Å². The minimum Gasteiger partial charge on any atom is -0.319 e. The Morgan fingerprint density at radius 1 is 1.44 bits per heavy atom. The van der Waals surface area contributed by atoms with Crippen LogP contribution < -0.4 is 11.3 Å². The van der Waals surface area contributed by atoms with Gasteiger partial charge in [0.15, 0.2) is 0 Å². The summed E-state index contributed by atoms with van der Waals surface area (Å²) in [5.74, 6) is 0.576. The van der Waals surface area contributed by atoms with E-state index in [1.807, 2.05) is 0 Å². The van der Waals surface area contributed by atoms with E-state index in [0.717, 1.165) is 12.8 Å². The molecule has 5 heteroatoms. The summed E-state index contributed by atoms with van der Waals surface area (Å²) in [6, 6.07) is 5.07. The lowest BCUT2D eigenvalue weighted by molar-refractivity contribution is 0.673. The molecule has 0 saturated heterocycles. The van der Waals surface area contributed by atoms with E-state index in [2.05, 4.69) is 9.97 Å². The molecule has 0 bridgehead atoms. The van der Waals surface area contributed by atoms with Crippen molar-refractivity contribution in [3.63, 3.8) is 0 Å². The van der Waals surface area contributed by atoms with Gasteiger partial charge in [0.2, 0.25) is 0 Å². The molecule has 0 spiro atoms. The number of fused-ring (bicyclic) bond motifs is 1. The number of nitrogens with one attached hydrogen (secondary N) is 1. The molecule has 1 saturated carbocycles. The van der Waals surface area contributed by atoms with Crippen molar-refractivity contribution in [2.24, 2.45) is 5.73 Å². The molecule has 0 amide bonds. The number of aromatic amines is 1. The number of H-pyrrole nitrogens is 1. The highest BCUT2D eigenvalue weighted by molar-refractivity contribution is 6.31. The van der Waals surface area contributed by atoms with E-state index in [1.54, 1.807) is 18.2 Å². The quantitative estimate of drug-likeness (QED) is 0.787. The summed E-state index contributed by atoms with van der Waals surface area (Å²) >= 11 is 5.83. The van der Waals surface area contributed by atoms with Crippen LogP contribution in [-0.2, 0) is 5.54 Å². The monoisotopic (exact) mass is 235 g/mol. The molecule has 1 heterocycles. The van der Waals surface area contributed by atoms with Crippen LogP contribution in [0.4, 0.5) is 0 Å². The second kappa shape index (κ2) is 3.06. The van der Waals surface area contributed by atoms with Gasteiger partial charge in [-0.15, -0.1) is 0 Å².